The Morgan fingerprint density at radius 1 is 1.11 bits per heavy atom. The summed E-state index contributed by atoms with van der Waals surface area (Å²) in [5.41, 5.74) is 0.239. The fraction of sp³-hybridized carbons (Fsp3) is 0.208. The average Bonchev–Trinajstić information content (AvgIpc) is 2.90. The molecule has 2 aromatic carbocycles. The highest BCUT2D eigenvalue weighted by Crippen LogP contribution is 2.40. The van der Waals surface area contributed by atoms with Gasteiger partial charge in [-0.3, -0.25) is 14.5 Å². The van der Waals surface area contributed by atoms with Crippen LogP contribution >= 0.6 is 11.8 Å². The molecule has 4 rings (SSSR count). The summed E-state index contributed by atoms with van der Waals surface area (Å²) >= 11 is 1.20. The van der Waals surface area contributed by atoms with Gasteiger partial charge in [0.15, 0.2) is 17.2 Å². The number of amides is 2. The number of thioether (sulfide) groups is 1. The summed E-state index contributed by atoms with van der Waals surface area (Å²) < 4.78 is 5.18. The summed E-state index contributed by atoms with van der Waals surface area (Å²) in [6.07, 6.45) is 0. The predicted octanol–water partition coefficient (Wildman–Crippen LogP) is 1.04. The number of hydrogen-bond acceptors (Lipinski definition) is 10. The van der Waals surface area contributed by atoms with Crippen molar-refractivity contribution in [2.45, 2.75) is 11.4 Å². The minimum Gasteiger partial charge on any atom is -0.504 e. The zero-order valence-corrected chi connectivity index (χ0v) is 20.1. The minimum absolute atomic E-state index is 0.0444. The molecular weight excluding hydrogens is 506 g/mol. The van der Waals surface area contributed by atoms with Crippen LogP contribution < -0.4 is 5.32 Å². The third-order valence-electron chi connectivity index (χ3n) is 5.57. The molecule has 192 valence electrons. The third kappa shape index (κ3) is 5.07. The Balaban J connectivity index is 1.47. The van der Waals surface area contributed by atoms with Crippen LogP contribution in [0.5, 0.6) is 11.5 Å². The molecule has 2 heterocycles. The molecule has 2 amide bonds. The van der Waals surface area contributed by atoms with E-state index in [2.05, 4.69) is 10.5 Å². The average molecular weight is 528 g/mol. The summed E-state index contributed by atoms with van der Waals surface area (Å²) in [6, 6.07) is 10.9. The Morgan fingerprint density at radius 2 is 1.84 bits per heavy atom. The summed E-state index contributed by atoms with van der Waals surface area (Å²) in [4.78, 5) is 55.9. The lowest BCUT2D eigenvalue weighted by molar-refractivity contribution is -0.150. The molecule has 37 heavy (non-hydrogen) atoms. The molecule has 13 heteroatoms. The van der Waals surface area contributed by atoms with E-state index in [1.165, 1.54) is 24.9 Å². The molecule has 0 spiro atoms. The maximum Gasteiger partial charge on any atom is 0.352 e. The number of phenolic OH excluding ortho intramolecular Hbond substituents is 2. The molecule has 1 saturated heterocycles. The number of fused-ring (bicyclic) bond motifs is 1. The molecule has 0 aromatic heterocycles. The molecule has 0 radical (unpaired) electrons. The Bertz CT molecular complexity index is 1330. The van der Waals surface area contributed by atoms with Crippen molar-refractivity contribution in [3.63, 3.8) is 0 Å². The number of oxime groups is 1. The second-order valence-electron chi connectivity index (χ2n) is 7.89. The number of benzene rings is 2. The number of carboxylic acids is 1. The van der Waals surface area contributed by atoms with Gasteiger partial charge in [-0.2, -0.15) is 0 Å². The summed E-state index contributed by atoms with van der Waals surface area (Å²) in [5, 5.41) is 34.4. The largest absolute Gasteiger partial charge is 0.504 e. The van der Waals surface area contributed by atoms with Crippen molar-refractivity contribution in [2.75, 3.05) is 19.5 Å². The molecule has 0 aliphatic carbocycles. The number of esters is 1. The number of carbonyl (C=O) groups excluding carboxylic acids is 3. The zero-order valence-electron chi connectivity index (χ0n) is 19.3. The molecule has 0 unspecified atom stereocenters. The van der Waals surface area contributed by atoms with Crippen LogP contribution in [0.1, 0.15) is 15.9 Å². The van der Waals surface area contributed by atoms with Crippen LogP contribution in [0.15, 0.2) is 65.0 Å². The highest BCUT2D eigenvalue weighted by molar-refractivity contribution is 8.00. The second-order valence-corrected chi connectivity index (χ2v) is 8.99. The van der Waals surface area contributed by atoms with Gasteiger partial charge in [0.2, 0.25) is 0 Å². The fourth-order valence-electron chi connectivity index (χ4n) is 3.80. The van der Waals surface area contributed by atoms with Gasteiger partial charge < -0.3 is 30.2 Å². The van der Waals surface area contributed by atoms with E-state index in [-0.39, 0.29) is 28.3 Å². The first-order valence-electron chi connectivity index (χ1n) is 10.8. The van der Waals surface area contributed by atoms with Gasteiger partial charge in [0.1, 0.15) is 30.8 Å². The van der Waals surface area contributed by atoms with Crippen LogP contribution in [0, 0.1) is 0 Å². The second kappa shape index (κ2) is 10.6. The lowest BCUT2D eigenvalue weighted by atomic mass is 10.0. The van der Waals surface area contributed by atoms with E-state index in [9.17, 15) is 34.5 Å². The van der Waals surface area contributed by atoms with Crippen molar-refractivity contribution in [1.82, 2.24) is 10.2 Å². The van der Waals surface area contributed by atoms with Gasteiger partial charge in [-0.15, -0.1) is 11.8 Å². The van der Waals surface area contributed by atoms with Crippen LogP contribution in [0.2, 0.25) is 0 Å². The number of aromatic hydroxyl groups is 2. The highest BCUT2D eigenvalue weighted by atomic mass is 32.2. The summed E-state index contributed by atoms with van der Waals surface area (Å²) in [5.74, 6) is -4.35. The lowest BCUT2D eigenvalue weighted by Gasteiger charge is -2.49. The molecule has 2 aliphatic rings. The van der Waals surface area contributed by atoms with E-state index in [1.807, 2.05) is 0 Å². The Labute approximate surface area is 214 Å². The number of ether oxygens (including phenoxy) is 1. The summed E-state index contributed by atoms with van der Waals surface area (Å²) in [6.45, 7) is -0.415. The number of phenols is 2. The van der Waals surface area contributed by atoms with Crippen LogP contribution in [-0.2, 0) is 24.0 Å². The standard InChI is InChI=1S/C24H21N3O9S/c1-35-26-17(12-5-3-2-4-6-12)20(30)25-18-21(31)27-19(23(32)33)14(11-37-22(18)27)10-36-24(34)13-7-8-15(28)16(29)9-13/h2-9,18,22,28-29H,10-11H2,1H3,(H,25,30)(H,32,33)/t18-,22-/m1/s1. The maximum atomic E-state index is 12.9. The summed E-state index contributed by atoms with van der Waals surface area (Å²) in [7, 11) is 1.28. The highest BCUT2D eigenvalue weighted by Gasteiger charge is 2.54. The minimum atomic E-state index is -1.39. The van der Waals surface area contributed by atoms with Crippen LogP contribution in [0.3, 0.4) is 0 Å². The van der Waals surface area contributed by atoms with Crippen molar-refractivity contribution in [1.29, 1.82) is 0 Å². The molecular formula is C24H21N3O9S. The first-order chi connectivity index (χ1) is 17.7. The zero-order chi connectivity index (χ0) is 26.7. The maximum absolute atomic E-state index is 12.9. The van der Waals surface area contributed by atoms with E-state index < -0.39 is 53.3 Å². The third-order valence-corrected chi connectivity index (χ3v) is 6.91. The van der Waals surface area contributed by atoms with Gasteiger partial charge in [-0.05, 0) is 18.2 Å². The molecule has 1 fully saturated rings. The van der Waals surface area contributed by atoms with Crippen molar-refractivity contribution in [3.8, 4) is 11.5 Å². The molecule has 0 saturated carbocycles. The van der Waals surface area contributed by atoms with Crippen molar-refractivity contribution in [2.24, 2.45) is 5.16 Å². The molecule has 2 aliphatic heterocycles. The van der Waals surface area contributed by atoms with E-state index in [0.717, 1.165) is 17.0 Å². The Hall–Kier alpha value is -4.52. The molecule has 0 bridgehead atoms. The van der Waals surface area contributed by atoms with Crippen LogP contribution in [-0.4, -0.2) is 80.6 Å². The number of rotatable bonds is 8. The van der Waals surface area contributed by atoms with E-state index >= 15 is 0 Å². The number of aliphatic carboxylic acids is 1. The monoisotopic (exact) mass is 527 g/mol. The number of β-lactam (4-membered cyclic amide) rings is 1. The molecule has 12 nitrogen and oxygen atoms in total. The van der Waals surface area contributed by atoms with Gasteiger partial charge in [0.05, 0.1) is 5.56 Å². The molecule has 2 atom stereocenters. The van der Waals surface area contributed by atoms with Crippen molar-refractivity contribution < 1.29 is 44.1 Å². The lowest BCUT2D eigenvalue weighted by Crippen LogP contribution is -2.71. The number of nitrogens with zero attached hydrogens (tertiary/aromatic N) is 2. The quantitative estimate of drug-likeness (QED) is 0.128. The van der Waals surface area contributed by atoms with E-state index in [0.29, 0.717) is 5.56 Å². The smallest absolute Gasteiger partial charge is 0.352 e. The van der Waals surface area contributed by atoms with Gasteiger partial charge in [-0.1, -0.05) is 35.5 Å². The van der Waals surface area contributed by atoms with Crippen LogP contribution in [0.25, 0.3) is 0 Å². The van der Waals surface area contributed by atoms with E-state index in [4.69, 9.17) is 9.57 Å². The van der Waals surface area contributed by atoms with Crippen molar-refractivity contribution in [3.05, 3.63) is 70.9 Å². The Morgan fingerprint density at radius 3 is 2.49 bits per heavy atom. The normalized spacial score (nSPS) is 19.0. The predicted molar refractivity (Wildman–Crippen MR) is 130 cm³/mol. The van der Waals surface area contributed by atoms with Gasteiger partial charge in [0, 0.05) is 16.9 Å². The van der Waals surface area contributed by atoms with Gasteiger partial charge in [-0.25, -0.2) is 9.59 Å². The first kappa shape index (κ1) is 25.6. The number of hydrogen-bond donors (Lipinski definition) is 4. The molecule has 4 N–H and O–H groups in total. The van der Waals surface area contributed by atoms with Crippen LogP contribution in [0.4, 0.5) is 0 Å². The van der Waals surface area contributed by atoms with Gasteiger partial charge >= 0.3 is 11.9 Å². The fourth-order valence-corrected chi connectivity index (χ4v) is 5.13. The van der Waals surface area contributed by atoms with Crippen molar-refractivity contribution >= 4 is 41.2 Å². The number of carbonyl (C=O) groups is 4. The SMILES string of the molecule is CON=C(C(=O)N[C@@H]1C(=O)N2C(C(=O)O)=C(COC(=O)c3ccc(O)c(O)c3)CS[C@H]12)c1ccccc1. The van der Waals surface area contributed by atoms with E-state index in [1.54, 1.807) is 30.3 Å². The number of nitrogens with one attached hydrogen (secondary N) is 1. The first-order valence-corrected chi connectivity index (χ1v) is 11.8. The number of carboxylic acid groups (broad SMARTS) is 1. The Kier molecular flexibility index (Phi) is 7.34. The molecule has 2 aromatic rings. The topological polar surface area (TPSA) is 175 Å². The van der Waals surface area contributed by atoms with Gasteiger partial charge in [0.25, 0.3) is 11.8 Å².